The minimum atomic E-state index is -0.763. The zero-order chi connectivity index (χ0) is 19.7. The van der Waals surface area contributed by atoms with Gasteiger partial charge in [-0.05, 0) is 30.0 Å². The van der Waals surface area contributed by atoms with E-state index in [0.29, 0.717) is 16.2 Å². The van der Waals surface area contributed by atoms with Crippen LogP contribution in [0.3, 0.4) is 0 Å². The largest absolute Gasteiger partial charge is 0.502 e. The number of carbonyl (C=O) groups excluding carboxylic acids is 2. The number of rotatable bonds is 4. The first kappa shape index (κ1) is 19.1. The molecule has 10 heteroatoms. The maximum atomic E-state index is 13.8. The van der Waals surface area contributed by atoms with Gasteiger partial charge in [0, 0.05) is 21.7 Å². The van der Waals surface area contributed by atoms with Crippen LogP contribution in [-0.2, 0) is 11.3 Å². The number of amides is 2. The van der Waals surface area contributed by atoms with Gasteiger partial charge in [-0.1, -0.05) is 34.1 Å². The SMILES string of the molecule is O=C1S/C(=C\c2cc(Br)cc([N+](=O)[O-])c2O)C(=O)N1Cc1ccccc1F. The Morgan fingerprint density at radius 3 is 2.67 bits per heavy atom. The highest BCUT2D eigenvalue weighted by molar-refractivity contribution is 9.10. The molecule has 27 heavy (non-hydrogen) atoms. The fraction of sp³-hybridized carbons (Fsp3) is 0.0588. The van der Waals surface area contributed by atoms with Crippen molar-refractivity contribution in [2.24, 2.45) is 0 Å². The molecule has 0 aromatic heterocycles. The second-order valence-corrected chi connectivity index (χ2v) is 7.39. The Morgan fingerprint density at radius 1 is 1.30 bits per heavy atom. The number of halogens is 2. The van der Waals surface area contributed by atoms with E-state index in [0.717, 1.165) is 11.0 Å². The first-order valence-electron chi connectivity index (χ1n) is 7.43. The molecule has 0 radical (unpaired) electrons. The molecule has 1 fully saturated rings. The summed E-state index contributed by atoms with van der Waals surface area (Å²) >= 11 is 3.71. The molecule has 1 aliphatic heterocycles. The van der Waals surface area contributed by atoms with Crippen LogP contribution in [0.5, 0.6) is 5.75 Å². The van der Waals surface area contributed by atoms with E-state index in [1.807, 2.05) is 0 Å². The van der Waals surface area contributed by atoms with Crippen LogP contribution in [0.2, 0.25) is 0 Å². The zero-order valence-electron chi connectivity index (χ0n) is 13.4. The molecular weight excluding hydrogens is 443 g/mol. The summed E-state index contributed by atoms with van der Waals surface area (Å²) in [5, 5.41) is 20.5. The van der Waals surface area contributed by atoms with Gasteiger partial charge in [0.05, 0.1) is 16.4 Å². The molecule has 138 valence electrons. The lowest BCUT2D eigenvalue weighted by molar-refractivity contribution is -0.385. The van der Waals surface area contributed by atoms with Crippen LogP contribution in [0.15, 0.2) is 45.8 Å². The first-order chi connectivity index (χ1) is 12.8. The van der Waals surface area contributed by atoms with E-state index >= 15 is 0 Å². The quantitative estimate of drug-likeness (QED) is 0.418. The summed E-state index contributed by atoms with van der Waals surface area (Å²) in [6.07, 6.45) is 1.19. The molecule has 1 aliphatic rings. The molecule has 1 saturated heterocycles. The highest BCUT2D eigenvalue weighted by Crippen LogP contribution is 2.38. The van der Waals surface area contributed by atoms with Crippen molar-refractivity contribution in [1.82, 2.24) is 4.90 Å². The molecule has 0 saturated carbocycles. The number of aromatic hydroxyl groups is 1. The number of hydrogen-bond acceptors (Lipinski definition) is 6. The van der Waals surface area contributed by atoms with Gasteiger partial charge in [0.1, 0.15) is 5.82 Å². The third kappa shape index (κ3) is 3.86. The molecule has 0 bridgehead atoms. The topological polar surface area (TPSA) is 101 Å². The number of phenols is 1. The fourth-order valence-electron chi connectivity index (χ4n) is 2.43. The molecule has 1 heterocycles. The monoisotopic (exact) mass is 452 g/mol. The van der Waals surface area contributed by atoms with Gasteiger partial charge >= 0.3 is 5.69 Å². The molecular formula is C17H10BrFN2O5S. The Morgan fingerprint density at radius 2 is 2.00 bits per heavy atom. The van der Waals surface area contributed by atoms with E-state index in [4.69, 9.17) is 0 Å². The van der Waals surface area contributed by atoms with Crippen LogP contribution in [-0.4, -0.2) is 26.1 Å². The molecule has 7 nitrogen and oxygen atoms in total. The Bertz CT molecular complexity index is 1010. The maximum Gasteiger partial charge on any atom is 0.312 e. The van der Waals surface area contributed by atoms with Crippen LogP contribution >= 0.6 is 27.7 Å². The average molecular weight is 453 g/mol. The third-order valence-corrected chi connectivity index (χ3v) is 5.09. The standard InChI is InChI=1S/C17H10BrFN2O5S/c18-11-5-10(15(22)13(7-11)21(25)26)6-14-16(23)20(17(24)27-14)8-9-3-1-2-4-12(9)19/h1-7,22H,8H2/b14-6-. The summed E-state index contributed by atoms with van der Waals surface area (Å²) in [5.41, 5.74) is -0.351. The molecule has 2 aromatic rings. The van der Waals surface area contributed by atoms with Crippen LogP contribution in [0.4, 0.5) is 14.9 Å². The second-order valence-electron chi connectivity index (χ2n) is 5.48. The normalized spacial score (nSPS) is 15.6. The molecule has 0 unspecified atom stereocenters. The number of nitro benzene ring substituents is 1. The average Bonchev–Trinajstić information content (AvgIpc) is 2.87. The fourth-order valence-corrected chi connectivity index (χ4v) is 3.72. The van der Waals surface area contributed by atoms with Crippen LogP contribution < -0.4 is 0 Å². The predicted octanol–water partition coefficient (Wildman–Crippen LogP) is 4.44. The van der Waals surface area contributed by atoms with Crippen LogP contribution in [0.1, 0.15) is 11.1 Å². The Balaban J connectivity index is 1.93. The highest BCUT2D eigenvalue weighted by atomic mass is 79.9. The van der Waals surface area contributed by atoms with Gasteiger partial charge in [0.25, 0.3) is 11.1 Å². The Kier molecular flexibility index (Phi) is 5.29. The lowest BCUT2D eigenvalue weighted by Crippen LogP contribution is -2.27. The minimum absolute atomic E-state index is 0.00691. The number of imide groups is 1. The summed E-state index contributed by atoms with van der Waals surface area (Å²) in [6.45, 7) is -0.237. The molecule has 1 N–H and O–H groups in total. The van der Waals surface area contributed by atoms with Crippen LogP contribution in [0, 0.1) is 15.9 Å². The van der Waals surface area contributed by atoms with Gasteiger partial charge in [-0.25, -0.2) is 4.39 Å². The van der Waals surface area contributed by atoms with Crippen molar-refractivity contribution >= 4 is 50.6 Å². The Labute approximate surface area is 164 Å². The van der Waals surface area contributed by atoms with Crippen molar-refractivity contribution in [1.29, 1.82) is 0 Å². The summed E-state index contributed by atoms with van der Waals surface area (Å²) in [7, 11) is 0. The Hall–Kier alpha value is -2.72. The van der Waals surface area contributed by atoms with E-state index in [1.165, 1.54) is 30.3 Å². The van der Waals surface area contributed by atoms with E-state index in [2.05, 4.69) is 15.9 Å². The van der Waals surface area contributed by atoms with E-state index in [-0.39, 0.29) is 22.6 Å². The smallest absolute Gasteiger partial charge is 0.312 e. The number of nitro groups is 1. The predicted molar refractivity (Wildman–Crippen MR) is 100 cm³/mol. The molecule has 2 amide bonds. The number of nitrogens with zero attached hydrogens (tertiary/aromatic N) is 2. The van der Waals surface area contributed by atoms with Crippen molar-refractivity contribution in [3.63, 3.8) is 0 Å². The van der Waals surface area contributed by atoms with Gasteiger partial charge in [0.15, 0.2) is 0 Å². The van der Waals surface area contributed by atoms with Crippen molar-refractivity contribution in [2.75, 3.05) is 0 Å². The third-order valence-electron chi connectivity index (χ3n) is 3.73. The minimum Gasteiger partial charge on any atom is -0.502 e. The lowest BCUT2D eigenvalue weighted by atomic mass is 10.1. The van der Waals surface area contributed by atoms with Crippen molar-refractivity contribution in [3.05, 3.63) is 72.8 Å². The van der Waals surface area contributed by atoms with E-state index in [9.17, 15) is 29.2 Å². The van der Waals surface area contributed by atoms with Gasteiger partial charge in [-0.2, -0.15) is 0 Å². The molecule has 2 aromatic carbocycles. The zero-order valence-corrected chi connectivity index (χ0v) is 15.8. The summed E-state index contributed by atoms with van der Waals surface area (Å²) in [5.74, 6) is -1.83. The molecule has 3 rings (SSSR count). The number of carbonyl (C=O) groups is 2. The lowest BCUT2D eigenvalue weighted by Gasteiger charge is -2.12. The van der Waals surface area contributed by atoms with Crippen LogP contribution in [0.25, 0.3) is 6.08 Å². The molecule has 0 spiro atoms. The number of thioether (sulfide) groups is 1. The molecule has 0 aliphatic carbocycles. The molecule has 0 atom stereocenters. The van der Waals surface area contributed by atoms with Gasteiger partial charge in [-0.3, -0.25) is 24.6 Å². The summed E-state index contributed by atoms with van der Waals surface area (Å²) in [4.78, 5) is 35.8. The van der Waals surface area contributed by atoms with Crippen molar-refractivity contribution in [3.8, 4) is 5.75 Å². The van der Waals surface area contributed by atoms with Gasteiger partial charge in [0.2, 0.25) is 5.75 Å². The maximum absolute atomic E-state index is 13.8. The number of benzene rings is 2. The number of hydrogen-bond donors (Lipinski definition) is 1. The first-order valence-corrected chi connectivity index (χ1v) is 9.04. The van der Waals surface area contributed by atoms with E-state index < -0.39 is 33.3 Å². The van der Waals surface area contributed by atoms with Gasteiger partial charge in [-0.15, -0.1) is 0 Å². The summed E-state index contributed by atoms with van der Waals surface area (Å²) in [6, 6.07) is 8.28. The van der Waals surface area contributed by atoms with Crippen molar-refractivity contribution < 1.29 is 24.0 Å². The highest BCUT2D eigenvalue weighted by Gasteiger charge is 2.36. The van der Waals surface area contributed by atoms with E-state index in [1.54, 1.807) is 6.07 Å². The second kappa shape index (κ2) is 7.49. The van der Waals surface area contributed by atoms with Gasteiger partial charge < -0.3 is 5.11 Å². The number of phenolic OH excluding ortho intramolecular Hbond substituents is 1. The van der Waals surface area contributed by atoms with Crippen molar-refractivity contribution in [2.45, 2.75) is 6.54 Å². The summed E-state index contributed by atoms with van der Waals surface area (Å²) < 4.78 is 14.1.